The fourth-order valence-electron chi connectivity index (χ4n) is 5.52. The van der Waals surface area contributed by atoms with Crippen molar-refractivity contribution >= 4 is 33.1 Å². The van der Waals surface area contributed by atoms with Crippen LogP contribution in [0.2, 0.25) is 5.02 Å². The Bertz CT molecular complexity index is 1650. The van der Waals surface area contributed by atoms with E-state index in [2.05, 4.69) is 0 Å². The lowest BCUT2D eigenvalue weighted by molar-refractivity contribution is -0.137. The lowest BCUT2D eigenvalue weighted by Crippen LogP contribution is -2.45. The van der Waals surface area contributed by atoms with Crippen LogP contribution >= 0.6 is 11.6 Å². The van der Waals surface area contributed by atoms with Crippen molar-refractivity contribution in [2.75, 3.05) is 12.8 Å². The van der Waals surface area contributed by atoms with Crippen LogP contribution in [0.1, 0.15) is 76.1 Å². The molecule has 0 radical (unpaired) electrons. The summed E-state index contributed by atoms with van der Waals surface area (Å²) in [6.45, 7) is 6.05. The Balaban J connectivity index is 1.46. The van der Waals surface area contributed by atoms with E-state index in [0.717, 1.165) is 17.7 Å². The number of carbonyl (C=O) groups excluding carboxylic acids is 2. The van der Waals surface area contributed by atoms with E-state index in [1.54, 1.807) is 40.8 Å². The number of benzene rings is 2. The number of carbonyl (C=O) groups is 2. The highest BCUT2D eigenvalue weighted by atomic mass is 35.5. The Hall–Kier alpha value is -3.38. The Morgan fingerprint density at radius 2 is 1.80 bits per heavy atom. The maximum Gasteiger partial charge on any atom is 0.417 e. The van der Waals surface area contributed by atoms with Crippen LogP contribution in [0.3, 0.4) is 0 Å². The molecule has 0 aliphatic carbocycles. The summed E-state index contributed by atoms with van der Waals surface area (Å²) in [7, 11) is -2.87. The van der Waals surface area contributed by atoms with E-state index in [1.165, 1.54) is 17.2 Å². The standard InChI is InChI=1S/C28H29ClF3N5O3S/c1-15-11-24-21(14-35(15)26(38)19-7-10-23(29)22(12-19)28(30,31)32)25-27(39)36(13-16(2)37(25)34-24)17(3)18-5-8-20(9-6-18)41(4,33)40/h5-10,12,15-17,33H,11,13-14H2,1-4H3/t15-,16-,17-,41+/m1/s1. The smallest absolute Gasteiger partial charge is 0.331 e. The summed E-state index contributed by atoms with van der Waals surface area (Å²) in [6.07, 6.45) is -3.01. The van der Waals surface area contributed by atoms with Crippen molar-refractivity contribution in [3.05, 3.63) is 81.1 Å². The molecule has 1 aromatic heterocycles. The first-order valence-electron chi connectivity index (χ1n) is 13.0. The molecule has 2 aliphatic rings. The molecule has 0 unspecified atom stereocenters. The third-order valence-corrected chi connectivity index (χ3v) is 9.34. The van der Waals surface area contributed by atoms with Crippen molar-refractivity contribution in [2.24, 2.45) is 0 Å². The summed E-state index contributed by atoms with van der Waals surface area (Å²) in [5.41, 5.74) is 1.24. The van der Waals surface area contributed by atoms with Gasteiger partial charge in [-0.15, -0.1) is 0 Å². The molecule has 41 heavy (non-hydrogen) atoms. The molecule has 0 fully saturated rings. The van der Waals surface area contributed by atoms with E-state index in [4.69, 9.17) is 21.5 Å². The van der Waals surface area contributed by atoms with Gasteiger partial charge in [-0.25, -0.2) is 8.99 Å². The van der Waals surface area contributed by atoms with Gasteiger partial charge in [-0.05, 0) is 56.7 Å². The summed E-state index contributed by atoms with van der Waals surface area (Å²) < 4.78 is 61.9. The fraction of sp³-hybridized carbons (Fsp3) is 0.393. The molecule has 3 heterocycles. The molecular weight excluding hydrogens is 579 g/mol. The lowest BCUT2D eigenvalue weighted by Gasteiger charge is -2.37. The van der Waals surface area contributed by atoms with Gasteiger partial charge in [-0.1, -0.05) is 23.7 Å². The van der Waals surface area contributed by atoms with E-state index in [1.807, 2.05) is 13.8 Å². The minimum absolute atomic E-state index is 0.0262. The van der Waals surface area contributed by atoms with Crippen LogP contribution in [-0.2, 0) is 28.9 Å². The summed E-state index contributed by atoms with van der Waals surface area (Å²) in [6, 6.07) is 9.04. The zero-order chi connectivity index (χ0) is 30.0. The Morgan fingerprint density at radius 1 is 1.15 bits per heavy atom. The molecule has 0 saturated carbocycles. The number of hydrogen-bond donors (Lipinski definition) is 1. The first kappa shape index (κ1) is 29.1. The average Bonchev–Trinajstić information content (AvgIpc) is 3.27. The van der Waals surface area contributed by atoms with Crippen LogP contribution in [0, 0.1) is 4.78 Å². The molecule has 4 atom stereocenters. The number of nitrogens with zero attached hydrogens (tertiary/aromatic N) is 4. The molecule has 8 nitrogen and oxygen atoms in total. The summed E-state index contributed by atoms with van der Waals surface area (Å²) in [5.74, 6) is -0.852. The van der Waals surface area contributed by atoms with Crippen molar-refractivity contribution in [1.29, 1.82) is 4.78 Å². The summed E-state index contributed by atoms with van der Waals surface area (Å²) in [4.78, 5) is 31.0. The molecule has 218 valence electrons. The Morgan fingerprint density at radius 3 is 2.41 bits per heavy atom. The molecule has 0 saturated heterocycles. The Labute approximate surface area is 241 Å². The van der Waals surface area contributed by atoms with Crippen molar-refractivity contribution in [3.8, 4) is 0 Å². The second-order valence-corrected chi connectivity index (χ2v) is 13.4. The number of halogens is 4. The van der Waals surface area contributed by atoms with Gasteiger partial charge in [0.05, 0.1) is 44.6 Å². The molecule has 2 aliphatic heterocycles. The largest absolute Gasteiger partial charge is 0.417 e. The number of rotatable bonds is 4. The predicted octanol–water partition coefficient (Wildman–Crippen LogP) is 5.96. The molecule has 13 heteroatoms. The summed E-state index contributed by atoms with van der Waals surface area (Å²) in [5, 5.41) is 4.23. The zero-order valence-electron chi connectivity index (χ0n) is 22.8. The minimum atomic E-state index is -4.71. The van der Waals surface area contributed by atoms with E-state index >= 15 is 0 Å². The van der Waals surface area contributed by atoms with Crippen LogP contribution in [0.15, 0.2) is 47.4 Å². The highest BCUT2D eigenvalue weighted by Crippen LogP contribution is 2.37. The highest BCUT2D eigenvalue weighted by molar-refractivity contribution is 7.91. The monoisotopic (exact) mass is 607 g/mol. The van der Waals surface area contributed by atoms with Crippen LogP contribution in [-0.4, -0.2) is 54.4 Å². The Kier molecular flexibility index (Phi) is 7.22. The average molecular weight is 608 g/mol. The third kappa shape index (κ3) is 5.23. The van der Waals surface area contributed by atoms with Gasteiger partial charge in [0.15, 0.2) is 0 Å². The second-order valence-electron chi connectivity index (χ2n) is 10.8. The van der Waals surface area contributed by atoms with E-state index < -0.39 is 32.4 Å². The number of hydrogen-bond acceptors (Lipinski definition) is 5. The van der Waals surface area contributed by atoms with E-state index in [-0.39, 0.29) is 36.1 Å². The lowest BCUT2D eigenvalue weighted by atomic mass is 9.96. The molecule has 0 bridgehead atoms. The van der Waals surface area contributed by atoms with Crippen molar-refractivity contribution in [3.63, 3.8) is 0 Å². The SMILES string of the molecule is C[C@@H]1Cc2nn3c(c2CN1C(=O)c1ccc(Cl)c(C(F)(F)F)c1)C(=O)N([C@H](C)c1ccc([S@@](C)(=N)=O)cc1)C[C@H]3C. The van der Waals surface area contributed by atoms with Crippen molar-refractivity contribution in [2.45, 2.75) is 62.9 Å². The van der Waals surface area contributed by atoms with Gasteiger partial charge < -0.3 is 9.80 Å². The zero-order valence-corrected chi connectivity index (χ0v) is 24.4. The minimum Gasteiger partial charge on any atom is -0.331 e. The molecule has 1 N–H and O–H groups in total. The first-order valence-corrected chi connectivity index (χ1v) is 15.3. The van der Waals surface area contributed by atoms with Crippen molar-refractivity contribution in [1.82, 2.24) is 19.6 Å². The highest BCUT2D eigenvalue weighted by Gasteiger charge is 2.41. The van der Waals surface area contributed by atoms with Crippen LogP contribution in [0.25, 0.3) is 0 Å². The topological polar surface area (TPSA) is 99.4 Å². The number of nitrogens with one attached hydrogen (secondary N) is 1. The molecule has 5 rings (SSSR count). The van der Waals surface area contributed by atoms with Gasteiger partial charge in [0.2, 0.25) is 0 Å². The molecule has 2 aromatic carbocycles. The van der Waals surface area contributed by atoms with E-state index in [9.17, 15) is 27.0 Å². The van der Waals surface area contributed by atoms with Gasteiger partial charge in [-0.3, -0.25) is 14.3 Å². The van der Waals surface area contributed by atoms with Crippen LogP contribution < -0.4 is 0 Å². The van der Waals surface area contributed by atoms with Crippen molar-refractivity contribution < 1.29 is 27.0 Å². The third-order valence-electron chi connectivity index (χ3n) is 7.84. The molecule has 0 spiro atoms. The second kappa shape index (κ2) is 10.2. The van der Waals surface area contributed by atoms with Crippen LogP contribution in [0.4, 0.5) is 13.2 Å². The number of alkyl halides is 3. The predicted molar refractivity (Wildman–Crippen MR) is 147 cm³/mol. The quantitative estimate of drug-likeness (QED) is 0.396. The number of fused-ring (bicyclic) bond motifs is 3. The molecular formula is C28H29ClF3N5O3S. The molecule has 2 amide bonds. The van der Waals surface area contributed by atoms with Gasteiger partial charge in [0.25, 0.3) is 11.8 Å². The van der Waals surface area contributed by atoms with Gasteiger partial charge in [0, 0.05) is 41.3 Å². The van der Waals surface area contributed by atoms with Gasteiger partial charge in [-0.2, -0.15) is 18.3 Å². The van der Waals surface area contributed by atoms with Gasteiger partial charge >= 0.3 is 6.18 Å². The fourth-order valence-corrected chi connectivity index (χ4v) is 6.40. The maximum atomic E-state index is 13.9. The van der Waals surface area contributed by atoms with Crippen LogP contribution in [0.5, 0.6) is 0 Å². The summed E-state index contributed by atoms with van der Waals surface area (Å²) >= 11 is 5.75. The number of aromatic nitrogens is 2. The van der Waals surface area contributed by atoms with E-state index in [0.29, 0.717) is 34.8 Å². The normalized spacial score (nSPS) is 21.2. The number of amides is 2. The van der Waals surface area contributed by atoms with Gasteiger partial charge in [0.1, 0.15) is 5.69 Å². The maximum absolute atomic E-state index is 13.9. The first-order chi connectivity index (χ1) is 19.1. The molecule has 3 aromatic rings.